The molecule has 0 aliphatic carbocycles. The molecule has 8 heteroatoms. The standard InChI is InChI=1S/C24H23FN4O2S/c1-4-16-13-18(23(32-16)29-22(30)20-10-7-11-31-20)21(17-8-5-6-9-19(17)25)28-24-26-14(2)12-15(3)27-24/h5-13,21H,4H2,1-3H3,(H,29,30)(H,26,27,28). The minimum atomic E-state index is -0.610. The summed E-state index contributed by atoms with van der Waals surface area (Å²) in [6.45, 7) is 5.80. The summed E-state index contributed by atoms with van der Waals surface area (Å²) in [6.07, 6.45) is 2.22. The molecule has 1 amide bonds. The molecular formula is C24H23FN4O2S. The van der Waals surface area contributed by atoms with E-state index in [9.17, 15) is 9.18 Å². The zero-order valence-corrected chi connectivity index (χ0v) is 18.8. The largest absolute Gasteiger partial charge is 0.459 e. The summed E-state index contributed by atoms with van der Waals surface area (Å²) < 4.78 is 20.1. The summed E-state index contributed by atoms with van der Waals surface area (Å²) in [5.41, 5.74) is 2.78. The lowest BCUT2D eigenvalue weighted by atomic mass is 9.99. The number of hydrogen-bond donors (Lipinski definition) is 2. The molecule has 0 saturated heterocycles. The number of nitrogens with one attached hydrogen (secondary N) is 2. The van der Waals surface area contributed by atoms with Crippen LogP contribution in [0.15, 0.2) is 59.2 Å². The number of benzene rings is 1. The van der Waals surface area contributed by atoms with Crippen molar-refractivity contribution < 1.29 is 13.6 Å². The SMILES string of the molecule is CCc1cc(C(Nc2nc(C)cc(C)n2)c2ccccc2F)c(NC(=O)c2ccco2)s1. The topological polar surface area (TPSA) is 80.0 Å². The molecule has 6 nitrogen and oxygen atoms in total. The molecule has 1 atom stereocenters. The van der Waals surface area contributed by atoms with Crippen LogP contribution in [-0.2, 0) is 6.42 Å². The van der Waals surface area contributed by atoms with Crippen molar-refractivity contribution in [3.05, 3.63) is 93.8 Å². The Labute approximate surface area is 189 Å². The molecule has 0 saturated carbocycles. The van der Waals surface area contributed by atoms with E-state index in [0.29, 0.717) is 16.5 Å². The van der Waals surface area contributed by atoms with Gasteiger partial charge in [0.1, 0.15) is 10.8 Å². The van der Waals surface area contributed by atoms with Gasteiger partial charge >= 0.3 is 0 Å². The second-order valence-electron chi connectivity index (χ2n) is 7.36. The lowest BCUT2D eigenvalue weighted by Crippen LogP contribution is -2.18. The third-order valence-corrected chi connectivity index (χ3v) is 6.13. The number of nitrogens with zero attached hydrogens (tertiary/aromatic N) is 2. The Balaban J connectivity index is 1.79. The van der Waals surface area contributed by atoms with E-state index in [1.165, 1.54) is 23.7 Å². The summed E-state index contributed by atoms with van der Waals surface area (Å²) >= 11 is 1.45. The summed E-state index contributed by atoms with van der Waals surface area (Å²) in [4.78, 5) is 22.7. The number of aryl methyl sites for hydroxylation is 3. The Morgan fingerprint density at radius 3 is 2.50 bits per heavy atom. The molecule has 0 radical (unpaired) electrons. The molecule has 32 heavy (non-hydrogen) atoms. The van der Waals surface area contributed by atoms with Crippen LogP contribution >= 0.6 is 11.3 Å². The predicted octanol–water partition coefficient (Wildman–Crippen LogP) is 5.90. The normalized spacial score (nSPS) is 11.9. The van der Waals surface area contributed by atoms with Crippen LogP contribution < -0.4 is 10.6 Å². The van der Waals surface area contributed by atoms with Crippen molar-refractivity contribution in [1.82, 2.24) is 9.97 Å². The molecule has 0 spiro atoms. The zero-order chi connectivity index (χ0) is 22.7. The van der Waals surface area contributed by atoms with E-state index in [2.05, 4.69) is 20.6 Å². The lowest BCUT2D eigenvalue weighted by Gasteiger charge is -2.21. The monoisotopic (exact) mass is 450 g/mol. The van der Waals surface area contributed by atoms with Crippen LogP contribution in [-0.4, -0.2) is 15.9 Å². The van der Waals surface area contributed by atoms with Crippen molar-refractivity contribution >= 4 is 28.2 Å². The van der Waals surface area contributed by atoms with Crippen LogP contribution in [0.1, 0.15) is 50.9 Å². The maximum Gasteiger partial charge on any atom is 0.291 e. The fourth-order valence-corrected chi connectivity index (χ4v) is 4.50. The molecule has 0 fully saturated rings. The van der Waals surface area contributed by atoms with Gasteiger partial charge in [0.05, 0.1) is 12.3 Å². The zero-order valence-electron chi connectivity index (χ0n) is 18.0. The van der Waals surface area contributed by atoms with Gasteiger partial charge in [0.25, 0.3) is 5.91 Å². The molecule has 4 rings (SSSR count). The average Bonchev–Trinajstić information content (AvgIpc) is 3.42. The predicted molar refractivity (Wildman–Crippen MR) is 124 cm³/mol. The van der Waals surface area contributed by atoms with Crippen molar-refractivity contribution in [3.8, 4) is 0 Å². The molecule has 0 aliphatic rings. The number of thiophene rings is 1. The number of furan rings is 1. The highest BCUT2D eigenvalue weighted by molar-refractivity contribution is 7.16. The number of amides is 1. The first-order valence-electron chi connectivity index (χ1n) is 10.2. The van der Waals surface area contributed by atoms with Crippen molar-refractivity contribution in [1.29, 1.82) is 0 Å². The maximum absolute atomic E-state index is 14.9. The van der Waals surface area contributed by atoms with Crippen LogP contribution in [0.2, 0.25) is 0 Å². The van der Waals surface area contributed by atoms with E-state index >= 15 is 0 Å². The van der Waals surface area contributed by atoms with Crippen molar-refractivity contribution in [2.45, 2.75) is 33.2 Å². The van der Waals surface area contributed by atoms with Gasteiger partial charge in [0, 0.05) is 27.4 Å². The first-order valence-corrected chi connectivity index (χ1v) is 11.1. The second kappa shape index (κ2) is 9.32. The molecule has 1 unspecified atom stereocenters. The Morgan fingerprint density at radius 1 is 1.09 bits per heavy atom. The molecule has 0 aliphatic heterocycles. The van der Waals surface area contributed by atoms with Crippen LogP contribution in [0.5, 0.6) is 0 Å². The highest BCUT2D eigenvalue weighted by Crippen LogP contribution is 2.38. The highest BCUT2D eigenvalue weighted by atomic mass is 32.1. The fourth-order valence-electron chi connectivity index (χ4n) is 3.47. The van der Waals surface area contributed by atoms with Gasteiger partial charge in [-0.25, -0.2) is 14.4 Å². The average molecular weight is 451 g/mol. The van der Waals surface area contributed by atoms with Gasteiger partial charge in [-0.05, 0) is 50.6 Å². The van der Waals surface area contributed by atoms with E-state index in [1.54, 1.807) is 30.3 Å². The van der Waals surface area contributed by atoms with E-state index in [1.807, 2.05) is 32.9 Å². The minimum absolute atomic E-state index is 0.204. The minimum Gasteiger partial charge on any atom is -0.459 e. The fraction of sp³-hybridized carbons (Fsp3) is 0.208. The number of hydrogen-bond acceptors (Lipinski definition) is 6. The van der Waals surface area contributed by atoms with Crippen LogP contribution in [0.4, 0.5) is 15.3 Å². The quantitative estimate of drug-likeness (QED) is 0.366. The summed E-state index contributed by atoms with van der Waals surface area (Å²) in [7, 11) is 0. The smallest absolute Gasteiger partial charge is 0.291 e. The first kappa shape index (κ1) is 21.7. The van der Waals surface area contributed by atoms with Gasteiger partial charge < -0.3 is 15.1 Å². The Kier molecular flexibility index (Phi) is 6.32. The molecule has 164 valence electrons. The number of carbonyl (C=O) groups is 1. The molecule has 3 heterocycles. The van der Waals surface area contributed by atoms with Crippen molar-refractivity contribution in [2.75, 3.05) is 10.6 Å². The molecule has 3 aromatic heterocycles. The molecule has 4 aromatic rings. The molecular weight excluding hydrogens is 427 g/mol. The number of carbonyl (C=O) groups excluding carboxylic acids is 1. The van der Waals surface area contributed by atoms with Crippen LogP contribution in [0.25, 0.3) is 0 Å². The Bertz CT molecular complexity index is 1220. The van der Waals surface area contributed by atoms with E-state index in [0.717, 1.165) is 28.2 Å². The lowest BCUT2D eigenvalue weighted by molar-refractivity contribution is 0.0997. The third-order valence-electron chi connectivity index (χ3n) is 4.92. The van der Waals surface area contributed by atoms with Gasteiger partial charge in [-0.1, -0.05) is 25.1 Å². The summed E-state index contributed by atoms with van der Waals surface area (Å²) in [5.74, 6) is -0.128. The van der Waals surface area contributed by atoms with Gasteiger partial charge in [-0.2, -0.15) is 0 Å². The Hall–Kier alpha value is -3.52. The summed E-state index contributed by atoms with van der Waals surface area (Å²) in [5, 5.41) is 6.84. The Morgan fingerprint density at radius 2 is 1.84 bits per heavy atom. The third kappa shape index (κ3) is 4.70. The van der Waals surface area contributed by atoms with Crippen LogP contribution in [0.3, 0.4) is 0 Å². The molecule has 2 N–H and O–H groups in total. The van der Waals surface area contributed by atoms with Crippen molar-refractivity contribution in [3.63, 3.8) is 0 Å². The number of rotatable bonds is 7. The number of anilines is 2. The van der Waals surface area contributed by atoms with Gasteiger partial charge in [-0.15, -0.1) is 11.3 Å². The number of halogens is 1. The first-order chi connectivity index (χ1) is 15.4. The van der Waals surface area contributed by atoms with E-state index in [4.69, 9.17) is 4.42 Å². The second-order valence-corrected chi connectivity index (χ2v) is 8.49. The van der Waals surface area contributed by atoms with Gasteiger partial charge in [0.2, 0.25) is 5.95 Å². The van der Waals surface area contributed by atoms with Gasteiger partial charge in [0.15, 0.2) is 5.76 Å². The number of aromatic nitrogens is 2. The van der Waals surface area contributed by atoms with Crippen LogP contribution in [0, 0.1) is 19.7 Å². The summed E-state index contributed by atoms with van der Waals surface area (Å²) in [6, 6.07) is 13.1. The van der Waals surface area contributed by atoms with E-state index in [-0.39, 0.29) is 17.5 Å². The van der Waals surface area contributed by atoms with Crippen molar-refractivity contribution in [2.24, 2.45) is 0 Å². The molecule has 0 bridgehead atoms. The maximum atomic E-state index is 14.9. The van der Waals surface area contributed by atoms with Gasteiger partial charge in [-0.3, -0.25) is 4.79 Å². The van der Waals surface area contributed by atoms with E-state index < -0.39 is 6.04 Å². The molecule has 1 aromatic carbocycles. The highest BCUT2D eigenvalue weighted by Gasteiger charge is 2.25.